The highest BCUT2D eigenvalue weighted by Crippen LogP contribution is 2.29. The van der Waals surface area contributed by atoms with Gasteiger partial charge < -0.3 is 10.3 Å². The lowest BCUT2D eigenvalue weighted by atomic mass is 10.1. The van der Waals surface area contributed by atoms with Gasteiger partial charge in [-0.25, -0.2) is 0 Å². The van der Waals surface area contributed by atoms with E-state index in [9.17, 15) is 0 Å². The summed E-state index contributed by atoms with van der Waals surface area (Å²) in [5.41, 5.74) is 6.55. The topological polar surface area (TPSA) is 52.0 Å². The fraction of sp³-hybridized carbons (Fsp3) is 0.364. The zero-order valence-electron chi connectivity index (χ0n) is 8.86. The minimum Gasteiger partial charge on any atom is -0.391 e. The molecule has 0 radical (unpaired) electrons. The fourth-order valence-electron chi connectivity index (χ4n) is 1.42. The number of aromatic nitrogens is 1. The first-order valence-electron chi connectivity index (χ1n) is 4.96. The van der Waals surface area contributed by atoms with Crippen LogP contribution in [0.15, 0.2) is 22.7 Å². The van der Waals surface area contributed by atoms with Crippen molar-refractivity contribution in [2.45, 2.75) is 20.3 Å². The van der Waals surface area contributed by atoms with Gasteiger partial charge in [0.15, 0.2) is 0 Å². The molecule has 0 amide bonds. The molecule has 0 aliphatic heterocycles. The lowest BCUT2D eigenvalue weighted by Crippen LogP contribution is -1.90. The van der Waals surface area contributed by atoms with Gasteiger partial charge in [0.05, 0.1) is 9.88 Å². The Balaban J connectivity index is 2.20. The summed E-state index contributed by atoms with van der Waals surface area (Å²) in [6, 6.07) is 5.85. The number of rotatable bonds is 3. The smallest absolute Gasteiger partial charge is 0.137 e. The summed E-state index contributed by atoms with van der Waals surface area (Å²) in [5.74, 6) is 1.52. The van der Waals surface area contributed by atoms with E-state index >= 15 is 0 Å². The zero-order valence-corrected chi connectivity index (χ0v) is 9.67. The molecule has 2 heterocycles. The third-order valence-corrected chi connectivity index (χ3v) is 2.98. The van der Waals surface area contributed by atoms with Gasteiger partial charge in [-0.15, -0.1) is 11.3 Å². The highest BCUT2D eigenvalue weighted by molar-refractivity contribution is 7.19. The van der Waals surface area contributed by atoms with Crippen LogP contribution in [0.5, 0.6) is 0 Å². The molecule has 2 N–H and O–H groups in total. The van der Waals surface area contributed by atoms with Gasteiger partial charge in [-0.2, -0.15) is 0 Å². The minimum atomic E-state index is 0.583. The van der Waals surface area contributed by atoms with Crippen molar-refractivity contribution in [3.05, 3.63) is 24.0 Å². The molecule has 0 bridgehead atoms. The normalized spacial score (nSPS) is 11.1. The summed E-state index contributed by atoms with van der Waals surface area (Å²) in [7, 11) is 0. The SMILES string of the molecule is CC(C)Cc1cc(-c2ccc(N)s2)no1. The van der Waals surface area contributed by atoms with Crippen LogP contribution in [0.3, 0.4) is 0 Å². The van der Waals surface area contributed by atoms with E-state index in [1.54, 1.807) is 0 Å². The zero-order chi connectivity index (χ0) is 10.8. The molecule has 4 heteroatoms. The van der Waals surface area contributed by atoms with Gasteiger partial charge in [-0.1, -0.05) is 19.0 Å². The van der Waals surface area contributed by atoms with Crippen LogP contribution < -0.4 is 5.73 Å². The van der Waals surface area contributed by atoms with Gasteiger partial charge in [0.2, 0.25) is 0 Å². The van der Waals surface area contributed by atoms with Crippen molar-refractivity contribution in [3.63, 3.8) is 0 Å². The van der Waals surface area contributed by atoms with Gasteiger partial charge in [0.1, 0.15) is 11.5 Å². The van der Waals surface area contributed by atoms with Crippen molar-refractivity contribution in [3.8, 4) is 10.6 Å². The van der Waals surface area contributed by atoms with Crippen molar-refractivity contribution in [2.24, 2.45) is 5.92 Å². The molecule has 2 rings (SSSR count). The fourth-order valence-corrected chi connectivity index (χ4v) is 2.15. The van der Waals surface area contributed by atoms with Crippen LogP contribution in [0.2, 0.25) is 0 Å². The first kappa shape index (κ1) is 10.2. The summed E-state index contributed by atoms with van der Waals surface area (Å²) in [4.78, 5) is 1.06. The molecular formula is C11H14N2OS. The second kappa shape index (κ2) is 4.06. The molecule has 2 aromatic heterocycles. The maximum atomic E-state index is 5.66. The number of nitrogen functional groups attached to an aromatic ring is 1. The van der Waals surface area contributed by atoms with E-state index in [0.29, 0.717) is 5.92 Å². The second-order valence-corrected chi connectivity index (χ2v) is 5.09. The van der Waals surface area contributed by atoms with Crippen LogP contribution in [0.4, 0.5) is 5.00 Å². The van der Waals surface area contributed by atoms with E-state index in [1.165, 1.54) is 11.3 Å². The number of hydrogen-bond donors (Lipinski definition) is 1. The Kier molecular flexibility index (Phi) is 2.77. The van der Waals surface area contributed by atoms with Gasteiger partial charge in [-0.3, -0.25) is 0 Å². The molecule has 0 unspecified atom stereocenters. The largest absolute Gasteiger partial charge is 0.391 e. The first-order valence-corrected chi connectivity index (χ1v) is 5.78. The van der Waals surface area contributed by atoms with Gasteiger partial charge in [-0.05, 0) is 18.1 Å². The van der Waals surface area contributed by atoms with Crippen LogP contribution in [-0.4, -0.2) is 5.16 Å². The highest BCUT2D eigenvalue weighted by atomic mass is 32.1. The van der Waals surface area contributed by atoms with Crippen molar-refractivity contribution < 1.29 is 4.52 Å². The Morgan fingerprint density at radius 1 is 1.47 bits per heavy atom. The molecule has 0 fully saturated rings. The van der Waals surface area contributed by atoms with Gasteiger partial charge in [0, 0.05) is 12.5 Å². The van der Waals surface area contributed by atoms with E-state index in [4.69, 9.17) is 10.3 Å². The molecule has 0 aliphatic carbocycles. The maximum absolute atomic E-state index is 5.66. The van der Waals surface area contributed by atoms with Crippen LogP contribution in [-0.2, 0) is 6.42 Å². The number of nitrogens with zero attached hydrogens (tertiary/aromatic N) is 1. The first-order chi connectivity index (χ1) is 7.15. The molecule has 0 saturated carbocycles. The van der Waals surface area contributed by atoms with Crippen molar-refractivity contribution >= 4 is 16.3 Å². The van der Waals surface area contributed by atoms with E-state index < -0.39 is 0 Å². The molecule has 0 aromatic carbocycles. The van der Waals surface area contributed by atoms with Crippen molar-refractivity contribution in [2.75, 3.05) is 5.73 Å². The van der Waals surface area contributed by atoms with Gasteiger partial charge >= 0.3 is 0 Å². The highest BCUT2D eigenvalue weighted by Gasteiger charge is 2.09. The predicted octanol–water partition coefficient (Wildman–Crippen LogP) is 3.18. The number of thiophene rings is 1. The third-order valence-electron chi connectivity index (χ3n) is 2.05. The Bertz CT molecular complexity index is 445. The molecule has 2 aromatic rings. The standard InChI is InChI=1S/C11H14N2OS/c1-7(2)5-8-6-9(13-14-8)10-3-4-11(12)15-10/h3-4,6-7H,5,12H2,1-2H3. The van der Waals surface area contributed by atoms with Crippen molar-refractivity contribution in [1.29, 1.82) is 0 Å². The Labute approximate surface area is 92.9 Å². The van der Waals surface area contributed by atoms with E-state index in [2.05, 4.69) is 19.0 Å². The maximum Gasteiger partial charge on any atom is 0.137 e. The molecule has 0 aliphatic rings. The quantitative estimate of drug-likeness (QED) is 0.867. The summed E-state index contributed by atoms with van der Waals surface area (Å²) in [5, 5.41) is 4.84. The third kappa shape index (κ3) is 2.39. The number of anilines is 1. The molecule has 0 saturated heterocycles. The molecule has 80 valence electrons. The Morgan fingerprint density at radius 3 is 2.87 bits per heavy atom. The lowest BCUT2D eigenvalue weighted by Gasteiger charge is -1.96. The predicted molar refractivity (Wildman–Crippen MR) is 62.8 cm³/mol. The summed E-state index contributed by atoms with van der Waals surface area (Å²) >= 11 is 1.53. The number of hydrogen-bond acceptors (Lipinski definition) is 4. The van der Waals surface area contributed by atoms with Crippen LogP contribution >= 0.6 is 11.3 Å². The van der Waals surface area contributed by atoms with Crippen LogP contribution in [0, 0.1) is 5.92 Å². The average molecular weight is 222 g/mol. The Morgan fingerprint density at radius 2 is 2.27 bits per heavy atom. The summed E-state index contributed by atoms with van der Waals surface area (Å²) < 4.78 is 5.25. The average Bonchev–Trinajstić information content (AvgIpc) is 2.72. The van der Waals surface area contributed by atoms with Crippen LogP contribution in [0.1, 0.15) is 19.6 Å². The van der Waals surface area contributed by atoms with Crippen molar-refractivity contribution in [1.82, 2.24) is 5.16 Å². The molecule has 3 nitrogen and oxygen atoms in total. The van der Waals surface area contributed by atoms with E-state index in [1.807, 2.05) is 18.2 Å². The van der Waals surface area contributed by atoms with Crippen LogP contribution in [0.25, 0.3) is 10.6 Å². The number of nitrogens with two attached hydrogens (primary N) is 1. The molecule has 0 atom stereocenters. The molecule has 15 heavy (non-hydrogen) atoms. The summed E-state index contributed by atoms with van der Waals surface area (Å²) in [6.45, 7) is 4.32. The lowest BCUT2D eigenvalue weighted by molar-refractivity contribution is 0.370. The van der Waals surface area contributed by atoms with Gasteiger partial charge in [0.25, 0.3) is 0 Å². The Hall–Kier alpha value is -1.29. The molecular weight excluding hydrogens is 208 g/mol. The second-order valence-electron chi connectivity index (χ2n) is 3.98. The monoisotopic (exact) mass is 222 g/mol. The molecule has 0 spiro atoms. The minimum absolute atomic E-state index is 0.583. The van der Waals surface area contributed by atoms with E-state index in [-0.39, 0.29) is 0 Å². The summed E-state index contributed by atoms with van der Waals surface area (Å²) in [6.07, 6.45) is 0.924. The van der Waals surface area contributed by atoms with E-state index in [0.717, 1.165) is 27.8 Å².